The number of carbonyl (C=O) groups excluding carboxylic acids is 1. The number of halogens is 1. The van der Waals surface area contributed by atoms with Crippen LogP contribution in [0.15, 0.2) is 48.5 Å². The third kappa shape index (κ3) is 6.30. The predicted octanol–water partition coefficient (Wildman–Crippen LogP) is 2.80. The van der Waals surface area contributed by atoms with Crippen molar-refractivity contribution >= 4 is 17.5 Å². The van der Waals surface area contributed by atoms with E-state index in [-0.39, 0.29) is 5.91 Å². The van der Waals surface area contributed by atoms with Gasteiger partial charge in [-0.3, -0.25) is 4.79 Å². The Balaban J connectivity index is 1.63. The summed E-state index contributed by atoms with van der Waals surface area (Å²) in [7, 11) is 1.63. The van der Waals surface area contributed by atoms with Crippen LogP contribution in [-0.4, -0.2) is 26.1 Å². The average Bonchev–Trinajstić information content (AvgIpc) is 2.57. The molecule has 2 aromatic carbocycles. The lowest BCUT2D eigenvalue weighted by atomic mass is 10.1. The molecule has 0 atom stereocenters. The van der Waals surface area contributed by atoms with Gasteiger partial charge in [-0.1, -0.05) is 35.9 Å². The van der Waals surface area contributed by atoms with Crippen molar-refractivity contribution in [2.24, 2.45) is 0 Å². The smallest absolute Gasteiger partial charge is 0.234 e. The molecule has 2 rings (SSSR count). The minimum Gasteiger partial charge on any atom is -0.497 e. The van der Waals surface area contributed by atoms with Crippen LogP contribution in [0.5, 0.6) is 5.75 Å². The summed E-state index contributed by atoms with van der Waals surface area (Å²) < 4.78 is 5.10. The number of benzene rings is 2. The molecule has 5 heteroatoms. The van der Waals surface area contributed by atoms with Gasteiger partial charge in [-0.2, -0.15) is 0 Å². The first-order valence-corrected chi connectivity index (χ1v) is 7.90. The highest BCUT2D eigenvalue weighted by Crippen LogP contribution is 2.11. The molecule has 0 spiro atoms. The van der Waals surface area contributed by atoms with Gasteiger partial charge in [0.2, 0.25) is 5.91 Å². The summed E-state index contributed by atoms with van der Waals surface area (Å²) in [5.74, 6) is 0.787. The maximum Gasteiger partial charge on any atom is 0.234 e. The van der Waals surface area contributed by atoms with Crippen molar-refractivity contribution in [3.63, 3.8) is 0 Å². The summed E-state index contributed by atoms with van der Waals surface area (Å²) in [5.41, 5.74) is 2.20. The fourth-order valence-corrected chi connectivity index (χ4v) is 2.35. The highest BCUT2D eigenvalue weighted by molar-refractivity contribution is 6.30. The molecule has 0 aliphatic heterocycles. The standard InChI is InChI=1S/C18H21ClN2O2/c1-23-17-7-5-15(6-8-17)12-21-18(22)13-20-10-9-14-3-2-4-16(19)11-14/h2-8,11,20H,9-10,12-13H2,1H3,(H,21,22). The quantitative estimate of drug-likeness (QED) is 0.731. The van der Waals surface area contributed by atoms with Crippen molar-refractivity contribution in [2.45, 2.75) is 13.0 Å². The molecule has 0 saturated heterocycles. The van der Waals surface area contributed by atoms with E-state index in [2.05, 4.69) is 10.6 Å². The molecule has 1 amide bonds. The van der Waals surface area contributed by atoms with E-state index < -0.39 is 0 Å². The zero-order chi connectivity index (χ0) is 16.5. The molecule has 2 aromatic rings. The van der Waals surface area contributed by atoms with Crippen LogP contribution >= 0.6 is 11.6 Å². The largest absolute Gasteiger partial charge is 0.497 e. The van der Waals surface area contributed by atoms with Crippen LogP contribution in [0.3, 0.4) is 0 Å². The van der Waals surface area contributed by atoms with Gasteiger partial charge in [0.15, 0.2) is 0 Å². The normalized spacial score (nSPS) is 10.3. The predicted molar refractivity (Wildman–Crippen MR) is 92.9 cm³/mol. The van der Waals surface area contributed by atoms with Crippen LogP contribution in [-0.2, 0) is 17.8 Å². The van der Waals surface area contributed by atoms with Gasteiger partial charge in [0, 0.05) is 11.6 Å². The van der Waals surface area contributed by atoms with E-state index in [0.29, 0.717) is 13.1 Å². The second-order valence-corrected chi connectivity index (χ2v) is 5.62. The van der Waals surface area contributed by atoms with E-state index in [9.17, 15) is 4.79 Å². The van der Waals surface area contributed by atoms with Gasteiger partial charge < -0.3 is 15.4 Å². The number of hydrogen-bond donors (Lipinski definition) is 2. The zero-order valence-electron chi connectivity index (χ0n) is 13.1. The highest BCUT2D eigenvalue weighted by atomic mass is 35.5. The second-order valence-electron chi connectivity index (χ2n) is 5.18. The van der Waals surface area contributed by atoms with Gasteiger partial charge >= 0.3 is 0 Å². The van der Waals surface area contributed by atoms with Gasteiger partial charge in [-0.15, -0.1) is 0 Å². The number of carbonyl (C=O) groups is 1. The third-order valence-electron chi connectivity index (χ3n) is 3.41. The summed E-state index contributed by atoms with van der Waals surface area (Å²) in [6.45, 7) is 1.55. The molecule has 23 heavy (non-hydrogen) atoms. The molecule has 0 saturated carbocycles. The molecule has 0 radical (unpaired) electrons. The Hall–Kier alpha value is -2.04. The Bertz CT molecular complexity index is 629. The first kappa shape index (κ1) is 17.3. The van der Waals surface area contributed by atoms with Gasteiger partial charge in [0.05, 0.1) is 13.7 Å². The number of nitrogens with one attached hydrogen (secondary N) is 2. The van der Waals surface area contributed by atoms with Crippen molar-refractivity contribution in [1.29, 1.82) is 0 Å². The minimum atomic E-state index is -0.0214. The van der Waals surface area contributed by atoms with Gasteiger partial charge in [-0.25, -0.2) is 0 Å². The van der Waals surface area contributed by atoms with Crippen LogP contribution in [0.25, 0.3) is 0 Å². The molecule has 0 unspecified atom stereocenters. The lowest BCUT2D eigenvalue weighted by molar-refractivity contribution is -0.120. The summed E-state index contributed by atoms with van der Waals surface area (Å²) in [4.78, 5) is 11.8. The van der Waals surface area contributed by atoms with E-state index >= 15 is 0 Å². The fourth-order valence-electron chi connectivity index (χ4n) is 2.13. The summed E-state index contributed by atoms with van der Waals surface area (Å²) in [6.07, 6.45) is 0.840. The summed E-state index contributed by atoms with van der Waals surface area (Å²) in [6, 6.07) is 15.4. The lowest BCUT2D eigenvalue weighted by Crippen LogP contribution is -2.34. The Morgan fingerprint density at radius 1 is 1.13 bits per heavy atom. The minimum absolute atomic E-state index is 0.0214. The van der Waals surface area contributed by atoms with Crippen LogP contribution in [0.1, 0.15) is 11.1 Å². The summed E-state index contributed by atoms with van der Waals surface area (Å²) >= 11 is 5.93. The Morgan fingerprint density at radius 2 is 1.91 bits per heavy atom. The summed E-state index contributed by atoms with van der Waals surface area (Å²) in [5, 5.41) is 6.75. The van der Waals surface area contributed by atoms with E-state index in [1.54, 1.807) is 7.11 Å². The number of amides is 1. The molecular formula is C18H21ClN2O2. The molecule has 0 aromatic heterocycles. The van der Waals surface area contributed by atoms with Crippen LogP contribution in [0.2, 0.25) is 5.02 Å². The van der Waals surface area contributed by atoms with Crippen molar-refractivity contribution in [2.75, 3.05) is 20.2 Å². The second kappa shape index (κ2) is 9.18. The van der Waals surface area contributed by atoms with Crippen molar-refractivity contribution in [3.05, 3.63) is 64.7 Å². The maximum atomic E-state index is 11.8. The number of rotatable bonds is 8. The third-order valence-corrected chi connectivity index (χ3v) is 3.65. The fraction of sp³-hybridized carbons (Fsp3) is 0.278. The first-order chi connectivity index (χ1) is 11.2. The number of hydrogen-bond acceptors (Lipinski definition) is 3. The first-order valence-electron chi connectivity index (χ1n) is 7.52. The van der Waals surface area contributed by atoms with E-state index in [0.717, 1.165) is 34.9 Å². The zero-order valence-corrected chi connectivity index (χ0v) is 13.9. The Kier molecular flexibility index (Phi) is 6.91. The molecule has 0 fully saturated rings. The van der Waals surface area contributed by atoms with Crippen molar-refractivity contribution < 1.29 is 9.53 Å². The number of methoxy groups -OCH3 is 1. The monoisotopic (exact) mass is 332 g/mol. The highest BCUT2D eigenvalue weighted by Gasteiger charge is 2.01. The maximum absolute atomic E-state index is 11.8. The molecular weight excluding hydrogens is 312 g/mol. The van der Waals surface area contributed by atoms with E-state index in [4.69, 9.17) is 16.3 Å². The average molecular weight is 333 g/mol. The molecule has 122 valence electrons. The molecule has 2 N–H and O–H groups in total. The molecule has 0 heterocycles. The van der Waals surface area contributed by atoms with Crippen molar-refractivity contribution in [1.82, 2.24) is 10.6 Å². The van der Waals surface area contributed by atoms with Crippen LogP contribution in [0.4, 0.5) is 0 Å². The molecule has 0 aliphatic carbocycles. The topological polar surface area (TPSA) is 50.4 Å². The Morgan fingerprint density at radius 3 is 2.61 bits per heavy atom. The van der Waals surface area contributed by atoms with Crippen LogP contribution < -0.4 is 15.4 Å². The van der Waals surface area contributed by atoms with Gasteiger partial charge in [0.25, 0.3) is 0 Å². The van der Waals surface area contributed by atoms with Crippen molar-refractivity contribution in [3.8, 4) is 5.75 Å². The van der Waals surface area contributed by atoms with E-state index in [1.165, 1.54) is 0 Å². The number of ether oxygens (including phenoxy) is 1. The van der Waals surface area contributed by atoms with Gasteiger partial charge in [0.1, 0.15) is 5.75 Å². The SMILES string of the molecule is COc1ccc(CNC(=O)CNCCc2cccc(Cl)c2)cc1. The molecule has 0 aliphatic rings. The van der Waals surface area contributed by atoms with Gasteiger partial charge in [-0.05, 0) is 48.4 Å². The Labute approximate surface area is 141 Å². The molecule has 0 bridgehead atoms. The van der Waals surface area contributed by atoms with E-state index in [1.807, 2.05) is 48.5 Å². The molecule has 4 nitrogen and oxygen atoms in total. The lowest BCUT2D eigenvalue weighted by Gasteiger charge is -2.08. The van der Waals surface area contributed by atoms with Crippen LogP contribution in [0, 0.1) is 0 Å².